The van der Waals surface area contributed by atoms with Crippen LogP contribution in [0.2, 0.25) is 0 Å². The van der Waals surface area contributed by atoms with Gasteiger partial charge in [0.2, 0.25) is 0 Å². The summed E-state index contributed by atoms with van der Waals surface area (Å²) in [6.07, 6.45) is 0. The molecule has 0 N–H and O–H groups in total. The molecular formula is C16H11. The average Bonchev–Trinajstić information content (AvgIpc) is 2.39. The van der Waals surface area contributed by atoms with Crippen molar-refractivity contribution < 1.29 is 0 Å². The minimum Gasteiger partial charge on any atom is -0.0622 e. The normalized spacial score (nSPS) is 10.5. The molecule has 1 radical (unpaired) electrons. The smallest absolute Gasteiger partial charge is 0.00992 e. The Bertz CT molecular complexity index is 609. The van der Waals surface area contributed by atoms with Gasteiger partial charge in [0.25, 0.3) is 0 Å². The number of hydrogen-bond donors (Lipinski definition) is 0. The summed E-state index contributed by atoms with van der Waals surface area (Å²) in [6, 6.07) is 26.2. The lowest BCUT2D eigenvalue weighted by Gasteiger charge is -2.03. The maximum Gasteiger partial charge on any atom is -0.00992 e. The van der Waals surface area contributed by atoms with E-state index in [1.165, 1.54) is 21.9 Å². The molecule has 16 heavy (non-hydrogen) atoms. The summed E-state index contributed by atoms with van der Waals surface area (Å²) in [4.78, 5) is 0. The van der Waals surface area contributed by atoms with Gasteiger partial charge in [0.05, 0.1) is 0 Å². The average molecular weight is 203 g/mol. The fourth-order valence-corrected chi connectivity index (χ4v) is 1.93. The molecule has 0 saturated heterocycles. The predicted octanol–water partition coefficient (Wildman–Crippen LogP) is 4.31. The molecule has 3 aromatic carbocycles. The van der Waals surface area contributed by atoms with E-state index in [0.717, 1.165) is 0 Å². The molecule has 0 unspecified atom stereocenters. The zero-order valence-corrected chi connectivity index (χ0v) is 8.85. The van der Waals surface area contributed by atoms with Crippen LogP contribution in [-0.4, -0.2) is 0 Å². The Morgan fingerprint density at radius 1 is 0.688 bits per heavy atom. The molecule has 3 rings (SSSR count). The first kappa shape index (κ1) is 9.17. The van der Waals surface area contributed by atoms with E-state index in [-0.39, 0.29) is 0 Å². The SMILES string of the molecule is [c]1cccc2cc(-c3ccccc3)ccc12. The number of rotatable bonds is 1. The van der Waals surface area contributed by atoms with E-state index in [1.807, 2.05) is 18.2 Å². The third-order valence-corrected chi connectivity index (χ3v) is 2.77. The van der Waals surface area contributed by atoms with Crippen molar-refractivity contribution in [1.82, 2.24) is 0 Å². The first-order valence-electron chi connectivity index (χ1n) is 5.39. The second-order valence-corrected chi connectivity index (χ2v) is 3.84. The highest BCUT2D eigenvalue weighted by molar-refractivity contribution is 5.86. The van der Waals surface area contributed by atoms with Crippen molar-refractivity contribution in [2.24, 2.45) is 0 Å². The molecule has 75 valence electrons. The fraction of sp³-hybridized carbons (Fsp3) is 0. The van der Waals surface area contributed by atoms with Gasteiger partial charge in [-0.3, -0.25) is 0 Å². The molecule has 0 aliphatic rings. The second-order valence-electron chi connectivity index (χ2n) is 3.84. The highest BCUT2D eigenvalue weighted by Gasteiger charge is 1.98. The highest BCUT2D eigenvalue weighted by Crippen LogP contribution is 2.23. The monoisotopic (exact) mass is 203 g/mol. The van der Waals surface area contributed by atoms with Crippen molar-refractivity contribution >= 4 is 10.8 Å². The first-order valence-corrected chi connectivity index (χ1v) is 5.39. The predicted molar refractivity (Wildman–Crippen MR) is 68.2 cm³/mol. The van der Waals surface area contributed by atoms with Gasteiger partial charge in [-0.2, -0.15) is 0 Å². The molecule has 0 atom stereocenters. The van der Waals surface area contributed by atoms with Crippen molar-refractivity contribution in [3.8, 4) is 11.1 Å². The molecule has 0 aliphatic carbocycles. The van der Waals surface area contributed by atoms with Crippen molar-refractivity contribution in [3.63, 3.8) is 0 Å². The van der Waals surface area contributed by atoms with Crippen LogP contribution in [0.1, 0.15) is 0 Å². The Balaban J connectivity index is 2.19. The van der Waals surface area contributed by atoms with Gasteiger partial charge in [0.1, 0.15) is 0 Å². The van der Waals surface area contributed by atoms with Gasteiger partial charge in [0.15, 0.2) is 0 Å². The lowest BCUT2D eigenvalue weighted by atomic mass is 10.0. The molecular weight excluding hydrogens is 192 g/mol. The number of fused-ring (bicyclic) bond motifs is 1. The zero-order chi connectivity index (χ0) is 10.8. The zero-order valence-electron chi connectivity index (χ0n) is 8.85. The van der Waals surface area contributed by atoms with Gasteiger partial charge in [-0.15, -0.1) is 0 Å². The quantitative estimate of drug-likeness (QED) is 0.553. The molecule has 0 spiro atoms. The van der Waals surface area contributed by atoms with E-state index in [1.54, 1.807) is 0 Å². The standard InChI is InChI=1S/C16H11/c1-2-6-13(7-3-1)16-11-10-14-8-4-5-9-15(14)12-16/h1-7,9-12H. The highest BCUT2D eigenvalue weighted by atomic mass is 14.0. The van der Waals surface area contributed by atoms with Crippen LogP contribution in [0.5, 0.6) is 0 Å². The van der Waals surface area contributed by atoms with Crippen molar-refractivity contribution in [3.05, 3.63) is 72.8 Å². The van der Waals surface area contributed by atoms with Gasteiger partial charge in [0, 0.05) is 0 Å². The van der Waals surface area contributed by atoms with Crippen LogP contribution in [0.15, 0.2) is 66.7 Å². The van der Waals surface area contributed by atoms with Crippen LogP contribution in [0.25, 0.3) is 21.9 Å². The van der Waals surface area contributed by atoms with Gasteiger partial charge >= 0.3 is 0 Å². The number of benzene rings is 3. The van der Waals surface area contributed by atoms with E-state index in [2.05, 4.69) is 54.6 Å². The van der Waals surface area contributed by atoms with E-state index in [0.29, 0.717) is 0 Å². The summed E-state index contributed by atoms with van der Waals surface area (Å²) in [5.74, 6) is 0. The largest absolute Gasteiger partial charge is 0.0622 e. The van der Waals surface area contributed by atoms with E-state index in [4.69, 9.17) is 0 Å². The van der Waals surface area contributed by atoms with Crippen molar-refractivity contribution in [2.45, 2.75) is 0 Å². The Labute approximate surface area is 95.2 Å². The Hall–Kier alpha value is -2.08. The molecule has 0 nitrogen and oxygen atoms in total. The summed E-state index contributed by atoms with van der Waals surface area (Å²) in [5, 5.41) is 2.41. The molecule has 0 heterocycles. The van der Waals surface area contributed by atoms with Gasteiger partial charge in [-0.25, -0.2) is 0 Å². The van der Waals surface area contributed by atoms with Gasteiger partial charge in [-0.1, -0.05) is 60.7 Å². The van der Waals surface area contributed by atoms with E-state index in [9.17, 15) is 0 Å². The topological polar surface area (TPSA) is 0 Å². The lowest BCUT2D eigenvalue weighted by molar-refractivity contribution is 1.64. The van der Waals surface area contributed by atoms with Crippen LogP contribution < -0.4 is 0 Å². The molecule has 3 aromatic rings. The van der Waals surface area contributed by atoms with Crippen molar-refractivity contribution in [1.29, 1.82) is 0 Å². The minimum absolute atomic E-state index is 1.17. The summed E-state index contributed by atoms with van der Waals surface area (Å²) in [7, 11) is 0. The maximum absolute atomic E-state index is 3.23. The van der Waals surface area contributed by atoms with E-state index < -0.39 is 0 Å². The number of hydrogen-bond acceptors (Lipinski definition) is 0. The van der Waals surface area contributed by atoms with Crippen LogP contribution in [-0.2, 0) is 0 Å². The summed E-state index contributed by atoms with van der Waals surface area (Å²) in [6.45, 7) is 0. The summed E-state index contributed by atoms with van der Waals surface area (Å²) >= 11 is 0. The molecule has 0 saturated carbocycles. The Morgan fingerprint density at radius 2 is 1.56 bits per heavy atom. The third-order valence-electron chi connectivity index (χ3n) is 2.77. The van der Waals surface area contributed by atoms with Crippen LogP contribution in [0.3, 0.4) is 0 Å². The van der Waals surface area contributed by atoms with E-state index >= 15 is 0 Å². The van der Waals surface area contributed by atoms with Gasteiger partial charge < -0.3 is 0 Å². The van der Waals surface area contributed by atoms with Crippen LogP contribution >= 0.6 is 0 Å². The first-order chi connectivity index (χ1) is 7.93. The summed E-state index contributed by atoms with van der Waals surface area (Å²) < 4.78 is 0. The molecule has 0 aliphatic heterocycles. The molecule has 0 aromatic heterocycles. The van der Waals surface area contributed by atoms with Crippen LogP contribution in [0, 0.1) is 6.07 Å². The Morgan fingerprint density at radius 3 is 2.44 bits per heavy atom. The maximum atomic E-state index is 3.23. The summed E-state index contributed by atoms with van der Waals surface area (Å²) in [5.41, 5.74) is 2.51. The molecule has 0 bridgehead atoms. The minimum atomic E-state index is 1.17. The third kappa shape index (κ3) is 1.59. The molecule has 0 fully saturated rings. The van der Waals surface area contributed by atoms with Gasteiger partial charge in [-0.05, 0) is 34.0 Å². The molecule has 0 heteroatoms. The fourth-order valence-electron chi connectivity index (χ4n) is 1.93. The lowest BCUT2D eigenvalue weighted by Crippen LogP contribution is -1.78. The molecule has 0 amide bonds. The Kier molecular flexibility index (Phi) is 2.19. The van der Waals surface area contributed by atoms with Crippen LogP contribution in [0.4, 0.5) is 0 Å². The second kappa shape index (κ2) is 3.82. The van der Waals surface area contributed by atoms with Crippen molar-refractivity contribution in [2.75, 3.05) is 0 Å².